The normalized spacial score (nSPS) is 13.3. The maximum Gasteiger partial charge on any atom is 0.300 e. The molecule has 1 aliphatic rings. The Balaban J connectivity index is 0. The van der Waals surface area contributed by atoms with Gasteiger partial charge in [-0.1, -0.05) is 95.5 Å². The molecular formula is C33H53N3O2. The van der Waals surface area contributed by atoms with E-state index in [0.29, 0.717) is 0 Å². The molecule has 1 aliphatic heterocycles. The van der Waals surface area contributed by atoms with Crippen LogP contribution in [0.5, 0.6) is 0 Å². The summed E-state index contributed by atoms with van der Waals surface area (Å²) in [6.07, 6.45) is 19.4. The van der Waals surface area contributed by atoms with Gasteiger partial charge in [-0.3, -0.25) is 9.79 Å². The van der Waals surface area contributed by atoms with E-state index in [0.717, 1.165) is 37.7 Å². The van der Waals surface area contributed by atoms with E-state index >= 15 is 0 Å². The molecular weight excluding hydrogens is 470 g/mol. The van der Waals surface area contributed by atoms with Gasteiger partial charge in [-0.05, 0) is 69.1 Å². The van der Waals surface area contributed by atoms with Gasteiger partial charge < -0.3 is 10.4 Å². The number of allylic oxidation sites excluding steroid dienone is 4. The zero-order valence-corrected chi connectivity index (χ0v) is 25.3. The number of carboxylic acids is 1. The van der Waals surface area contributed by atoms with Gasteiger partial charge >= 0.3 is 0 Å². The molecule has 38 heavy (non-hydrogen) atoms. The third kappa shape index (κ3) is 19.9. The van der Waals surface area contributed by atoms with Crippen molar-refractivity contribution < 1.29 is 9.90 Å². The van der Waals surface area contributed by atoms with Crippen molar-refractivity contribution in [1.29, 1.82) is 0 Å². The maximum absolute atomic E-state index is 9.00. The van der Waals surface area contributed by atoms with Crippen molar-refractivity contribution >= 4 is 18.0 Å². The number of nitrogens with zero attached hydrogens (tertiary/aromatic N) is 2. The largest absolute Gasteiger partial charge is 0.481 e. The average Bonchev–Trinajstić information content (AvgIpc) is 2.93. The Hall–Kier alpha value is -3.21. The summed E-state index contributed by atoms with van der Waals surface area (Å²) in [5.41, 5.74) is 6.51. The van der Waals surface area contributed by atoms with Gasteiger partial charge in [0, 0.05) is 31.2 Å². The van der Waals surface area contributed by atoms with Crippen molar-refractivity contribution in [3.8, 4) is 0 Å². The van der Waals surface area contributed by atoms with Crippen LogP contribution in [-0.4, -0.2) is 23.1 Å². The first-order chi connectivity index (χ1) is 18.3. The Morgan fingerprint density at radius 1 is 1.18 bits per heavy atom. The predicted molar refractivity (Wildman–Crippen MR) is 168 cm³/mol. The Morgan fingerprint density at radius 2 is 1.82 bits per heavy atom. The van der Waals surface area contributed by atoms with Gasteiger partial charge in [-0.25, -0.2) is 4.99 Å². The SMILES string of the molecule is C=C(/C=C/NC=N/C=C/C)CC.CC.CC(=O)O.CCCCC(CC)c1ccc(C2=NC=C(C)CC2)cc1. The van der Waals surface area contributed by atoms with Gasteiger partial charge in [0.05, 0.1) is 6.34 Å². The molecule has 1 unspecified atom stereocenters. The topological polar surface area (TPSA) is 74.0 Å². The summed E-state index contributed by atoms with van der Waals surface area (Å²) < 4.78 is 0. The van der Waals surface area contributed by atoms with E-state index in [1.165, 1.54) is 48.1 Å². The van der Waals surface area contributed by atoms with Gasteiger partial charge in [0.1, 0.15) is 0 Å². The summed E-state index contributed by atoms with van der Waals surface area (Å²) in [6, 6.07) is 9.15. The van der Waals surface area contributed by atoms with Crippen molar-refractivity contribution in [2.24, 2.45) is 9.98 Å². The number of unbranched alkanes of at least 4 members (excludes halogenated alkanes) is 1. The maximum atomic E-state index is 9.00. The first-order valence-corrected chi connectivity index (χ1v) is 14.0. The van der Waals surface area contributed by atoms with Crippen LogP contribution in [0.25, 0.3) is 0 Å². The third-order valence-electron chi connectivity index (χ3n) is 5.56. The Morgan fingerprint density at radius 3 is 2.29 bits per heavy atom. The number of carbonyl (C=O) groups is 1. The second kappa shape index (κ2) is 25.4. The Bertz CT molecular complexity index is 903. The number of aliphatic imine (C=N–C) groups is 2. The minimum Gasteiger partial charge on any atom is -0.481 e. The molecule has 1 atom stereocenters. The van der Waals surface area contributed by atoms with Crippen LogP contribution in [0.4, 0.5) is 0 Å². The predicted octanol–water partition coefficient (Wildman–Crippen LogP) is 9.59. The minimum atomic E-state index is -0.833. The summed E-state index contributed by atoms with van der Waals surface area (Å²) >= 11 is 0. The first kappa shape index (κ1) is 36.9. The molecule has 2 rings (SSSR count). The van der Waals surface area contributed by atoms with Gasteiger partial charge in [-0.2, -0.15) is 0 Å². The second-order valence-corrected chi connectivity index (χ2v) is 8.71. The molecule has 0 aromatic heterocycles. The van der Waals surface area contributed by atoms with Crippen LogP contribution < -0.4 is 5.32 Å². The smallest absolute Gasteiger partial charge is 0.300 e. The van der Waals surface area contributed by atoms with Crippen LogP contribution in [0, 0.1) is 0 Å². The monoisotopic (exact) mass is 523 g/mol. The summed E-state index contributed by atoms with van der Waals surface area (Å²) in [5, 5.41) is 10.3. The number of hydrogen-bond donors (Lipinski definition) is 2. The molecule has 0 fully saturated rings. The highest BCUT2D eigenvalue weighted by atomic mass is 16.4. The third-order valence-corrected chi connectivity index (χ3v) is 5.56. The average molecular weight is 524 g/mol. The van der Waals surface area contributed by atoms with E-state index in [2.05, 4.69) is 73.8 Å². The number of aliphatic carboxylic acids is 1. The molecule has 0 radical (unpaired) electrons. The molecule has 1 heterocycles. The highest BCUT2D eigenvalue weighted by Gasteiger charge is 2.11. The fourth-order valence-electron chi connectivity index (χ4n) is 3.36. The van der Waals surface area contributed by atoms with E-state index in [1.807, 2.05) is 45.3 Å². The second-order valence-electron chi connectivity index (χ2n) is 8.71. The van der Waals surface area contributed by atoms with Crippen LogP contribution in [0.1, 0.15) is 117 Å². The standard InChI is InChI=1S/C19H27N.C10H16N2.C2H4O2.C2H6/c1-4-6-7-16(5-2)17-9-11-18(12-10-17)19-13-8-15(3)14-20-19;1-4-7-11-9-12-8-6-10(3)5-2;1-2(3)4;1-2/h9-12,14,16H,4-8,13H2,1-3H3;4,6-9H,3,5H2,1-2H3,(H,11,12);1H3,(H,3,4);1-2H3/b;7-4+,8-6+;;. The van der Waals surface area contributed by atoms with Crippen LogP contribution in [-0.2, 0) is 4.79 Å². The lowest BCUT2D eigenvalue weighted by atomic mass is 9.90. The summed E-state index contributed by atoms with van der Waals surface area (Å²) in [4.78, 5) is 17.5. The van der Waals surface area contributed by atoms with Gasteiger partial charge in [-0.15, -0.1) is 0 Å². The number of hydrogen-bond acceptors (Lipinski definition) is 3. The van der Waals surface area contributed by atoms with Crippen molar-refractivity contribution in [1.82, 2.24) is 5.32 Å². The minimum absolute atomic E-state index is 0.722. The van der Waals surface area contributed by atoms with Gasteiger partial charge in [0.2, 0.25) is 0 Å². The molecule has 0 saturated heterocycles. The molecule has 0 spiro atoms. The lowest BCUT2D eigenvalue weighted by Crippen LogP contribution is -2.05. The Kier molecular flexibility index (Phi) is 24.7. The van der Waals surface area contributed by atoms with Crippen LogP contribution in [0.15, 0.2) is 82.7 Å². The van der Waals surface area contributed by atoms with E-state index < -0.39 is 5.97 Å². The fraction of sp³-hybridized carbons (Fsp3) is 0.485. The van der Waals surface area contributed by atoms with Crippen molar-refractivity contribution in [2.45, 2.75) is 106 Å². The molecule has 5 nitrogen and oxygen atoms in total. The molecule has 1 aromatic rings. The number of rotatable bonds is 11. The quantitative estimate of drug-likeness (QED) is 0.172. The van der Waals surface area contributed by atoms with E-state index in [4.69, 9.17) is 9.90 Å². The molecule has 212 valence electrons. The molecule has 1 aromatic carbocycles. The number of carboxylic acid groups (broad SMARTS) is 1. The molecule has 2 N–H and O–H groups in total. The molecule has 0 bridgehead atoms. The number of nitrogens with one attached hydrogen (secondary N) is 1. The summed E-state index contributed by atoms with van der Waals surface area (Å²) in [5.74, 6) is -0.112. The highest BCUT2D eigenvalue weighted by molar-refractivity contribution is 6.01. The van der Waals surface area contributed by atoms with Crippen molar-refractivity contribution in [3.63, 3.8) is 0 Å². The van der Waals surface area contributed by atoms with Crippen LogP contribution in [0.3, 0.4) is 0 Å². The van der Waals surface area contributed by atoms with E-state index in [9.17, 15) is 0 Å². The molecule has 5 heteroatoms. The van der Waals surface area contributed by atoms with Crippen molar-refractivity contribution in [3.05, 3.63) is 83.9 Å². The Labute approximate surface area is 233 Å². The van der Waals surface area contributed by atoms with Crippen LogP contribution in [0.2, 0.25) is 0 Å². The fourth-order valence-corrected chi connectivity index (χ4v) is 3.36. The molecule has 0 saturated carbocycles. The van der Waals surface area contributed by atoms with Crippen LogP contribution >= 0.6 is 0 Å². The lowest BCUT2D eigenvalue weighted by molar-refractivity contribution is -0.134. The van der Waals surface area contributed by atoms with Gasteiger partial charge in [0.25, 0.3) is 5.97 Å². The van der Waals surface area contributed by atoms with Crippen molar-refractivity contribution in [2.75, 3.05) is 0 Å². The summed E-state index contributed by atoms with van der Waals surface area (Å²) in [7, 11) is 0. The highest BCUT2D eigenvalue weighted by Crippen LogP contribution is 2.26. The first-order valence-electron chi connectivity index (χ1n) is 14.0. The zero-order valence-electron chi connectivity index (χ0n) is 25.3. The number of benzene rings is 1. The summed E-state index contributed by atoms with van der Waals surface area (Å²) in [6.45, 7) is 19.6. The van der Waals surface area contributed by atoms with Gasteiger partial charge in [0.15, 0.2) is 0 Å². The lowest BCUT2D eigenvalue weighted by Gasteiger charge is -2.16. The molecule has 0 aliphatic carbocycles. The molecule has 0 amide bonds. The van der Waals surface area contributed by atoms with E-state index in [-0.39, 0.29) is 0 Å². The van der Waals surface area contributed by atoms with E-state index in [1.54, 1.807) is 12.5 Å². The zero-order chi connectivity index (χ0) is 29.2.